The summed E-state index contributed by atoms with van der Waals surface area (Å²) in [6.45, 7) is 3.60. The highest BCUT2D eigenvalue weighted by molar-refractivity contribution is 8.01. The van der Waals surface area contributed by atoms with E-state index in [-0.39, 0.29) is 22.9 Å². The van der Waals surface area contributed by atoms with Crippen LogP contribution in [0, 0.1) is 0 Å². The maximum absolute atomic E-state index is 12.2. The second-order valence-electron chi connectivity index (χ2n) is 5.63. The molecule has 3 aliphatic rings. The first-order valence-corrected chi connectivity index (χ1v) is 8.28. The van der Waals surface area contributed by atoms with Crippen LogP contribution in [-0.4, -0.2) is 54.9 Å². The summed E-state index contributed by atoms with van der Waals surface area (Å²) in [4.78, 5) is 12.3. The van der Waals surface area contributed by atoms with Gasteiger partial charge < -0.3 is 15.4 Å². The highest BCUT2D eigenvalue weighted by Gasteiger charge is 2.42. The first-order valence-electron chi connectivity index (χ1n) is 7.29. The molecule has 0 aromatic heterocycles. The summed E-state index contributed by atoms with van der Waals surface area (Å²) in [6, 6.07) is -0.0375. The number of hydrogen-bond acceptors (Lipinski definition) is 5. The first kappa shape index (κ1) is 13.7. The van der Waals surface area contributed by atoms with Gasteiger partial charge in [-0.1, -0.05) is 0 Å². The lowest BCUT2D eigenvalue weighted by Crippen LogP contribution is -2.53. The SMILES string of the molecule is O=C(NCC1CCCO1)C1CSC2(CCNCC2)N1. The lowest BCUT2D eigenvalue weighted by atomic mass is 10.0. The summed E-state index contributed by atoms with van der Waals surface area (Å²) in [6.07, 6.45) is 4.63. The quantitative estimate of drug-likeness (QED) is 0.685. The molecule has 0 radical (unpaired) electrons. The number of thioether (sulfide) groups is 1. The van der Waals surface area contributed by atoms with Gasteiger partial charge in [0.25, 0.3) is 0 Å². The van der Waals surface area contributed by atoms with Gasteiger partial charge in [-0.3, -0.25) is 10.1 Å². The summed E-state index contributed by atoms with van der Waals surface area (Å²) in [5, 5.41) is 9.96. The van der Waals surface area contributed by atoms with Gasteiger partial charge in [-0.05, 0) is 38.8 Å². The van der Waals surface area contributed by atoms with E-state index in [0.717, 1.165) is 51.1 Å². The van der Waals surface area contributed by atoms with Gasteiger partial charge in [0.1, 0.15) is 0 Å². The third-order valence-electron chi connectivity index (χ3n) is 4.22. The van der Waals surface area contributed by atoms with Crippen molar-refractivity contribution in [2.45, 2.75) is 42.7 Å². The lowest BCUT2D eigenvalue weighted by Gasteiger charge is -2.33. The molecule has 0 aromatic carbocycles. The Balaban J connectivity index is 1.45. The van der Waals surface area contributed by atoms with E-state index in [0.29, 0.717) is 6.54 Å². The van der Waals surface area contributed by atoms with Crippen molar-refractivity contribution in [3.8, 4) is 0 Å². The van der Waals surface area contributed by atoms with Gasteiger partial charge in [-0.25, -0.2) is 0 Å². The van der Waals surface area contributed by atoms with Crippen LogP contribution in [-0.2, 0) is 9.53 Å². The van der Waals surface area contributed by atoms with E-state index in [1.165, 1.54) is 0 Å². The van der Waals surface area contributed by atoms with Crippen molar-refractivity contribution in [3.63, 3.8) is 0 Å². The zero-order chi connectivity index (χ0) is 13.1. The maximum Gasteiger partial charge on any atom is 0.238 e. The zero-order valence-corrected chi connectivity index (χ0v) is 12.1. The Kier molecular flexibility index (Phi) is 4.31. The van der Waals surface area contributed by atoms with E-state index < -0.39 is 0 Å². The minimum absolute atomic E-state index is 0.0375. The molecule has 108 valence electrons. The minimum atomic E-state index is -0.0375. The van der Waals surface area contributed by atoms with Crippen molar-refractivity contribution in [1.82, 2.24) is 16.0 Å². The fraction of sp³-hybridized carbons (Fsp3) is 0.923. The van der Waals surface area contributed by atoms with E-state index in [4.69, 9.17) is 4.74 Å². The van der Waals surface area contributed by atoms with Crippen molar-refractivity contribution in [3.05, 3.63) is 0 Å². The Hall–Kier alpha value is -0.300. The molecule has 1 amide bonds. The maximum atomic E-state index is 12.2. The van der Waals surface area contributed by atoms with Crippen molar-refractivity contribution >= 4 is 17.7 Å². The minimum Gasteiger partial charge on any atom is -0.376 e. The van der Waals surface area contributed by atoms with Crippen LogP contribution in [0.2, 0.25) is 0 Å². The van der Waals surface area contributed by atoms with E-state index in [2.05, 4.69) is 16.0 Å². The zero-order valence-electron chi connectivity index (χ0n) is 11.2. The number of carbonyl (C=O) groups is 1. The smallest absolute Gasteiger partial charge is 0.238 e. The number of piperidine rings is 1. The first-order chi connectivity index (χ1) is 9.27. The largest absolute Gasteiger partial charge is 0.376 e. The summed E-state index contributed by atoms with van der Waals surface area (Å²) in [7, 11) is 0. The molecule has 19 heavy (non-hydrogen) atoms. The van der Waals surface area contributed by atoms with Crippen LogP contribution < -0.4 is 16.0 Å². The van der Waals surface area contributed by atoms with Crippen LogP contribution in [0.5, 0.6) is 0 Å². The number of carbonyl (C=O) groups excluding carboxylic acids is 1. The molecule has 6 heteroatoms. The van der Waals surface area contributed by atoms with Crippen molar-refractivity contribution in [2.24, 2.45) is 0 Å². The van der Waals surface area contributed by atoms with Crippen LogP contribution in [0.4, 0.5) is 0 Å². The lowest BCUT2D eigenvalue weighted by molar-refractivity contribution is -0.123. The molecule has 3 rings (SSSR count). The number of hydrogen-bond donors (Lipinski definition) is 3. The second-order valence-corrected chi connectivity index (χ2v) is 7.04. The molecular formula is C13H23N3O2S. The molecule has 3 aliphatic heterocycles. The van der Waals surface area contributed by atoms with Crippen LogP contribution in [0.25, 0.3) is 0 Å². The van der Waals surface area contributed by atoms with E-state index in [1.807, 2.05) is 11.8 Å². The predicted octanol–water partition coefficient (Wildman–Crippen LogP) is 0.0663. The topological polar surface area (TPSA) is 62.4 Å². The Morgan fingerprint density at radius 2 is 2.26 bits per heavy atom. The Morgan fingerprint density at radius 1 is 1.42 bits per heavy atom. The summed E-state index contributed by atoms with van der Waals surface area (Å²) < 4.78 is 5.53. The normalized spacial score (nSPS) is 33.7. The highest BCUT2D eigenvalue weighted by Crippen LogP contribution is 2.37. The van der Waals surface area contributed by atoms with Crippen LogP contribution in [0.1, 0.15) is 25.7 Å². The number of amides is 1. The molecule has 3 heterocycles. The van der Waals surface area contributed by atoms with Gasteiger partial charge in [0.15, 0.2) is 0 Å². The van der Waals surface area contributed by atoms with Crippen molar-refractivity contribution in [2.75, 3.05) is 32.0 Å². The Bertz CT molecular complexity index is 328. The monoisotopic (exact) mass is 285 g/mol. The Morgan fingerprint density at radius 3 is 3.00 bits per heavy atom. The summed E-state index contributed by atoms with van der Waals surface area (Å²) in [5.41, 5.74) is 0. The second kappa shape index (κ2) is 5.99. The van der Waals surface area contributed by atoms with Gasteiger partial charge in [-0.2, -0.15) is 0 Å². The molecule has 0 saturated carbocycles. The van der Waals surface area contributed by atoms with E-state index >= 15 is 0 Å². The third kappa shape index (κ3) is 3.24. The molecular weight excluding hydrogens is 262 g/mol. The number of nitrogens with one attached hydrogen (secondary N) is 3. The van der Waals surface area contributed by atoms with Gasteiger partial charge in [0.05, 0.1) is 17.0 Å². The van der Waals surface area contributed by atoms with Gasteiger partial charge in [-0.15, -0.1) is 11.8 Å². The highest BCUT2D eigenvalue weighted by atomic mass is 32.2. The average Bonchev–Trinajstić information content (AvgIpc) is 3.07. The van der Waals surface area contributed by atoms with Gasteiger partial charge in [0.2, 0.25) is 5.91 Å². The van der Waals surface area contributed by atoms with Crippen LogP contribution in [0.3, 0.4) is 0 Å². The van der Waals surface area contributed by atoms with Crippen molar-refractivity contribution in [1.29, 1.82) is 0 Å². The van der Waals surface area contributed by atoms with Crippen LogP contribution in [0.15, 0.2) is 0 Å². The molecule has 0 aromatic rings. The average molecular weight is 285 g/mol. The molecule has 3 N–H and O–H groups in total. The van der Waals surface area contributed by atoms with Crippen LogP contribution >= 0.6 is 11.8 Å². The molecule has 3 fully saturated rings. The predicted molar refractivity (Wildman–Crippen MR) is 76.2 cm³/mol. The molecule has 5 nitrogen and oxygen atoms in total. The molecule has 2 atom stereocenters. The van der Waals surface area contributed by atoms with E-state index in [1.54, 1.807) is 0 Å². The molecule has 0 aliphatic carbocycles. The molecule has 1 spiro atoms. The molecule has 0 bridgehead atoms. The summed E-state index contributed by atoms with van der Waals surface area (Å²) in [5.74, 6) is 1.02. The fourth-order valence-corrected chi connectivity index (χ4v) is 4.49. The molecule has 3 saturated heterocycles. The number of ether oxygens (including phenoxy) is 1. The van der Waals surface area contributed by atoms with E-state index in [9.17, 15) is 4.79 Å². The Labute approximate surface area is 118 Å². The third-order valence-corrected chi connectivity index (χ3v) is 5.80. The fourth-order valence-electron chi connectivity index (χ4n) is 3.05. The standard InChI is InChI=1S/C13H23N3O2S/c17-12(15-8-10-2-1-7-18-10)11-9-19-13(16-11)3-5-14-6-4-13/h10-11,14,16H,1-9H2,(H,15,17). The van der Waals surface area contributed by atoms with Gasteiger partial charge in [0, 0.05) is 18.9 Å². The summed E-state index contributed by atoms with van der Waals surface area (Å²) >= 11 is 1.92. The molecule has 2 unspecified atom stereocenters. The van der Waals surface area contributed by atoms with Crippen molar-refractivity contribution < 1.29 is 9.53 Å². The van der Waals surface area contributed by atoms with Gasteiger partial charge >= 0.3 is 0 Å². The number of rotatable bonds is 3.